The Labute approximate surface area is 194 Å². The van der Waals surface area contributed by atoms with E-state index in [0.29, 0.717) is 0 Å². The van der Waals surface area contributed by atoms with Crippen LogP contribution in [-0.4, -0.2) is 6.71 Å². The van der Waals surface area contributed by atoms with Gasteiger partial charge in [0.25, 0.3) is 0 Å². The maximum absolute atomic E-state index is 6.45. The molecule has 29 heavy (non-hydrogen) atoms. The quantitative estimate of drug-likeness (QED) is 0.304. The predicted molar refractivity (Wildman–Crippen MR) is 132 cm³/mol. The highest BCUT2D eigenvalue weighted by Gasteiger charge is 2.32. The van der Waals surface area contributed by atoms with Gasteiger partial charge in [-0.05, 0) is 38.8 Å². The molecule has 0 aliphatic rings. The summed E-state index contributed by atoms with van der Waals surface area (Å²) in [7, 11) is 0. The summed E-state index contributed by atoms with van der Waals surface area (Å²) in [6, 6.07) is 18.9. The number of rotatable bonds is 5. The van der Waals surface area contributed by atoms with Gasteiger partial charge in [0.1, 0.15) is 9.67 Å². The van der Waals surface area contributed by atoms with Crippen LogP contribution in [0, 0.1) is 27.7 Å². The number of halogens is 4. The molecule has 3 rings (SSSR count). The van der Waals surface area contributed by atoms with E-state index in [1.165, 1.54) is 0 Å². The van der Waals surface area contributed by atoms with Crippen LogP contribution in [-0.2, 0) is 0 Å². The molecule has 0 aliphatic carbocycles. The third-order valence-electron chi connectivity index (χ3n) is 5.31. The molecule has 0 nitrogen and oxygen atoms in total. The van der Waals surface area contributed by atoms with E-state index in [2.05, 4.69) is 64.1 Å². The van der Waals surface area contributed by atoms with Gasteiger partial charge in [-0.25, -0.2) is 0 Å². The van der Waals surface area contributed by atoms with Crippen molar-refractivity contribution in [2.24, 2.45) is 0 Å². The summed E-state index contributed by atoms with van der Waals surface area (Å²) in [5.74, 6) is 0. The molecule has 3 aromatic carbocycles. The van der Waals surface area contributed by atoms with E-state index in [-0.39, 0.29) is 6.71 Å². The molecule has 0 atom stereocenters. The van der Waals surface area contributed by atoms with Gasteiger partial charge >= 0.3 is 0 Å². The first-order chi connectivity index (χ1) is 13.7. The van der Waals surface area contributed by atoms with Gasteiger partial charge in [0.2, 0.25) is 6.71 Å². The Morgan fingerprint density at radius 2 is 1.03 bits per heavy atom. The van der Waals surface area contributed by atoms with Crippen molar-refractivity contribution in [3.8, 4) is 0 Å². The van der Waals surface area contributed by atoms with Crippen molar-refractivity contribution >= 4 is 69.5 Å². The summed E-state index contributed by atoms with van der Waals surface area (Å²) in [5.41, 5.74) is 9.77. The second-order valence-electron chi connectivity index (χ2n) is 7.61. The number of hydrogen-bond donors (Lipinski definition) is 0. The van der Waals surface area contributed by atoms with Crippen LogP contribution < -0.4 is 16.4 Å². The number of benzene rings is 3. The summed E-state index contributed by atoms with van der Waals surface area (Å²) in [6.45, 7) is 8.26. The van der Waals surface area contributed by atoms with Crippen LogP contribution in [0.2, 0.25) is 0 Å². The van der Waals surface area contributed by atoms with Crippen LogP contribution in [0.4, 0.5) is 0 Å². The van der Waals surface area contributed by atoms with E-state index in [9.17, 15) is 0 Å². The predicted octanol–water partition coefficient (Wildman–Crippen LogP) is 6.39. The van der Waals surface area contributed by atoms with E-state index in [0.717, 1.165) is 49.8 Å². The minimum Gasteiger partial charge on any atom is -0.100 e. The lowest BCUT2D eigenvalue weighted by Crippen LogP contribution is -2.56. The molecule has 0 unspecified atom stereocenters. The molecule has 3 aromatic rings. The van der Waals surface area contributed by atoms with Crippen molar-refractivity contribution in [2.75, 3.05) is 0 Å². The van der Waals surface area contributed by atoms with E-state index < -0.39 is 9.67 Å². The molecule has 0 aromatic heterocycles. The normalized spacial score (nSPS) is 11.4. The van der Waals surface area contributed by atoms with Crippen LogP contribution in [0.5, 0.6) is 0 Å². The molecule has 0 saturated carbocycles. The van der Waals surface area contributed by atoms with Gasteiger partial charge in [-0.15, -0.1) is 46.4 Å². The molecule has 0 saturated heterocycles. The number of aryl methyl sites for hydroxylation is 4. The van der Waals surface area contributed by atoms with E-state index in [1.807, 2.05) is 18.2 Å². The standard InChI is InChI=1S/C24H23BCl4/c1-14-10-16(3)21(19(12-14)23(26)27)25(18-8-6-5-7-9-18)22-17(4)11-15(2)13-20(22)24(28)29/h5-13,23-24H,1-4H3. The summed E-state index contributed by atoms with van der Waals surface area (Å²) in [6.07, 6.45) is 0. The largest absolute Gasteiger partial charge is 0.242 e. The molecular weight excluding hydrogens is 441 g/mol. The van der Waals surface area contributed by atoms with Crippen LogP contribution in [0.3, 0.4) is 0 Å². The van der Waals surface area contributed by atoms with Crippen LogP contribution >= 0.6 is 46.4 Å². The molecular formula is C24H23BCl4. The second-order valence-corrected chi connectivity index (χ2v) is 9.81. The van der Waals surface area contributed by atoms with Gasteiger partial charge in [0.15, 0.2) is 0 Å². The smallest absolute Gasteiger partial charge is 0.100 e. The molecule has 150 valence electrons. The lowest BCUT2D eigenvalue weighted by atomic mass is 9.34. The molecule has 0 fully saturated rings. The molecule has 0 aliphatic heterocycles. The average molecular weight is 464 g/mol. The Morgan fingerprint density at radius 1 is 0.621 bits per heavy atom. The van der Waals surface area contributed by atoms with E-state index >= 15 is 0 Å². The molecule has 0 amide bonds. The fourth-order valence-electron chi connectivity index (χ4n) is 4.30. The molecule has 5 heteroatoms. The molecule has 0 bridgehead atoms. The Kier molecular flexibility index (Phi) is 7.28. The van der Waals surface area contributed by atoms with Crippen molar-refractivity contribution in [2.45, 2.75) is 37.4 Å². The van der Waals surface area contributed by atoms with Gasteiger partial charge in [0.05, 0.1) is 0 Å². The molecule has 0 N–H and O–H groups in total. The van der Waals surface area contributed by atoms with Gasteiger partial charge in [-0.2, -0.15) is 0 Å². The van der Waals surface area contributed by atoms with Crippen LogP contribution in [0.15, 0.2) is 54.6 Å². The molecule has 0 spiro atoms. The van der Waals surface area contributed by atoms with E-state index in [4.69, 9.17) is 46.4 Å². The minimum atomic E-state index is -0.633. The lowest BCUT2D eigenvalue weighted by Gasteiger charge is -2.27. The Balaban J connectivity index is 2.43. The molecule has 0 heterocycles. The maximum Gasteiger partial charge on any atom is 0.242 e. The first kappa shape index (κ1) is 22.6. The Bertz CT molecular complexity index is 950. The zero-order chi connectivity index (χ0) is 21.3. The fraction of sp³-hybridized carbons (Fsp3) is 0.250. The summed E-state index contributed by atoms with van der Waals surface area (Å²) >= 11 is 25.8. The van der Waals surface area contributed by atoms with Gasteiger partial charge in [-0.1, -0.05) is 93.2 Å². The van der Waals surface area contributed by atoms with Crippen molar-refractivity contribution < 1.29 is 0 Å². The lowest BCUT2D eigenvalue weighted by molar-refractivity contribution is 1.28. The first-order valence-corrected chi connectivity index (χ1v) is 11.3. The topological polar surface area (TPSA) is 0 Å². The molecule has 0 radical (unpaired) electrons. The highest BCUT2D eigenvalue weighted by atomic mass is 35.5. The zero-order valence-electron chi connectivity index (χ0n) is 16.9. The Morgan fingerprint density at radius 3 is 1.41 bits per heavy atom. The SMILES string of the molecule is Cc1cc(C)c(B(c2ccccc2)c2c(C)cc(C)cc2C(Cl)Cl)c(C(Cl)Cl)c1. The third kappa shape index (κ3) is 4.80. The van der Waals surface area contributed by atoms with Gasteiger partial charge in [0, 0.05) is 0 Å². The third-order valence-corrected chi connectivity index (χ3v) is 6.25. The van der Waals surface area contributed by atoms with E-state index in [1.54, 1.807) is 0 Å². The van der Waals surface area contributed by atoms with Crippen molar-refractivity contribution in [3.05, 3.63) is 88.0 Å². The summed E-state index contributed by atoms with van der Waals surface area (Å²) < 4.78 is 0. The highest BCUT2D eigenvalue weighted by molar-refractivity contribution is 6.97. The maximum atomic E-state index is 6.45. The summed E-state index contributed by atoms with van der Waals surface area (Å²) in [4.78, 5) is -1.27. The fourth-order valence-corrected chi connectivity index (χ4v) is 5.02. The Hall–Kier alpha value is -1.12. The number of alkyl halides is 4. The monoisotopic (exact) mass is 462 g/mol. The van der Waals surface area contributed by atoms with Crippen LogP contribution in [0.25, 0.3) is 0 Å². The van der Waals surface area contributed by atoms with Crippen molar-refractivity contribution in [1.29, 1.82) is 0 Å². The number of hydrogen-bond acceptors (Lipinski definition) is 0. The first-order valence-electron chi connectivity index (χ1n) is 9.54. The average Bonchev–Trinajstić information content (AvgIpc) is 2.64. The van der Waals surface area contributed by atoms with Crippen LogP contribution in [0.1, 0.15) is 43.1 Å². The van der Waals surface area contributed by atoms with Gasteiger partial charge < -0.3 is 0 Å². The minimum absolute atomic E-state index is 0.0811. The second kappa shape index (κ2) is 9.35. The van der Waals surface area contributed by atoms with Crippen molar-refractivity contribution in [1.82, 2.24) is 0 Å². The van der Waals surface area contributed by atoms with Gasteiger partial charge in [-0.3, -0.25) is 0 Å². The zero-order valence-corrected chi connectivity index (χ0v) is 20.0. The summed E-state index contributed by atoms with van der Waals surface area (Å²) in [5, 5.41) is 0. The highest BCUT2D eigenvalue weighted by Crippen LogP contribution is 2.28. The van der Waals surface area contributed by atoms with Crippen molar-refractivity contribution in [3.63, 3.8) is 0 Å².